The SMILES string of the molecule is c1ccc(N(c2ccc3oc4ccccc4c3c2)c2cc3ccccc3c3ccc4ccccc4c23)cc1. The summed E-state index contributed by atoms with van der Waals surface area (Å²) in [6.45, 7) is 0. The Bertz CT molecular complexity index is 2140. The van der Waals surface area contributed by atoms with E-state index in [0.717, 1.165) is 39.0 Å². The summed E-state index contributed by atoms with van der Waals surface area (Å²) in [4.78, 5) is 2.39. The number of hydrogen-bond acceptors (Lipinski definition) is 2. The smallest absolute Gasteiger partial charge is 0.135 e. The van der Waals surface area contributed by atoms with E-state index in [1.165, 1.54) is 32.3 Å². The molecule has 0 saturated carbocycles. The highest BCUT2D eigenvalue weighted by atomic mass is 16.3. The van der Waals surface area contributed by atoms with Gasteiger partial charge in [-0.2, -0.15) is 0 Å². The summed E-state index contributed by atoms with van der Waals surface area (Å²) in [6.07, 6.45) is 0. The minimum Gasteiger partial charge on any atom is -0.456 e. The first-order valence-corrected chi connectivity index (χ1v) is 12.9. The van der Waals surface area contributed by atoms with Crippen molar-refractivity contribution >= 4 is 71.3 Å². The van der Waals surface area contributed by atoms with Crippen LogP contribution in [0.4, 0.5) is 17.1 Å². The van der Waals surface area contributed by atoms with Gasteiger partial charge in [-0.25, -0.2) is 0 Å². The van der Waals surface area contributed by atoms with Gasteiger partial charge < -0.3 is 9.32 Å². The summed E-state index contributed by atoms with van der Waals surface area (Å²) in [5, 5.41) is 9.74. The van der Waals surface area contributed by atoms with Crippen LogP contribution in [-0.2, 0) is 0 Å². The van der Waals surface area contributed by atoms with Crippen LogP contribution in [0.5, 0.6) is 0 Å². The lowest BCUT2D eigenvalue weighted by atomic mass is 9.94. The molecule has 1 aromatic heterocycles. The number of furan rings is 1. The Kier molecular flexibility index (Phi) is 4.55. The first kappa shape index (κ1) is 21.0. The van der Waals surface area contributed by atoms with E-state index in [9.17, 15) is 0 Å². The van der Waals surface area contributed by atoms with Crippen molar-refractivity contribution in [2.24, 2.45) is 0 Å². The zero-order chi connectivity index (χ0) is 25.1. The number of hydrogen-bond donors (Lipinski definition) is 0. The molecule has 8 aromatic rings. The van der Waals surface area contributed by atoms with Gasteiger partial charge in [0, 0.05) is 27.5 Å². The minimum absolute atomic E-state index is 0.900. The van der Waals surface area contributed by atoms with Gasteiger partial charge in [0.2, 0.25) is 0 Å². The van der Waals surface area contributed by atoms with Crippen LogP contribution in [0.25, 0.3) is 54.3 Å². The van der Waals surface area contributed by atoms with Gasteiger partial charge >= 0.3 is 0 Å². The van der Waals surface area contributed by atoms with Crippen molar-refractivity contribution in [1.82, 2.24) is 0 Å². The summed E-state index contributed by atoms with van der Waals surface area (Å²) in [5.74, 6) is 0. The van der Waals surface area contributed by atoms with Gasteiger partial charge in [0.1, 0.15) is 11.2 Å². The first-order chi connectivity index (χ1) is 18.8. The zero-order valence-corrected chi connectivity index (χ0v) is 20.6. The van der Waals surface area contributed by atoms with Crippen LogP contribution in [0.1, 0.15) is 0 Å². The number of nitrogens with zero attached hydrogens (tertiary/aromatic N) is 1. The van der Waals surface area contributed by atoms with Crippen LogP contribution in [0.15, 0.2) is 144 Å². The second-order valence-electron chi connectivity index (χ2n) is 9.78. The predicted octanol–water partition coefficient (Wildman–Crippen LogP) is 10.5. The van der Waals surface area contributed by atoms with E-state index in [-0.39, 0.29) is 0 Å². The van der Waals surface area contributed by atoms with Crippen molar-refractivity contribution in [2.75, 3.05) is 4.90 Å². The molecule has 0 fully saturated rings. The average Bonchev–Trinajstić information content (AvgIpc) is 3.36. The molecular formula is C36H23NO. The third-order valence-corrected chi connectivity index (χ3v) is 7.60. The molecule has 0 aliphatic rings. The Labute approximate surface area is 220 Å². The Balaban J connectivity index is 1.52. The number of para-hydroxylation sites is 2. The molecule has 0 aliphatic heterocycles. The van der Waals surface area contributed by atoms with Crippen molar-refractivity contribution in [2.45, 2.75) is 0 Å². The largest absolute Gasteiger partial charge is 0.456 e. The molecule has 2 nitrogen and oxygen atoms in total. The molecule has 0 saturated heterocycles. The third kappa shape index (κ3) is 3.14. The molecule has 178 valence electrons. The highest BCUT2D eigenvalue weighted by Crippen LogP contribution is 2.45. The maximum Gasteiger partial charge on any atom is 0.135 e. The van der Waals surface area contributed by atoms with Crippen LogP contribution >= 0.6 is 0 Å². The highest BCUT2D eigenvalue weighted by Gasteiger charge is 2.20. The van der Waals surface area contributed by atoms with Crippen LogP contribution in [0.2, 0.25) is 0 Å². The summed E-state index contributed by atoms with van der Waals surface area (Å²) in [6, 6.07) is 49.7. The second-order valence-corrected chi connectivity index (χ2v) is 9.78. The maximum absolute atomic E-state index is 6.17. The van der Waals surface area contributed by atoms with Crippen molar-refractivity contribution in [3.63, 3.8) is 0 Å². The lowest BCUT2D eigenvalue weighted by Crippen LogP contribution is -2.10. The van der Waals surface area contributed by atoms with Crippen molar-refractivity contribution in [3.8, 4) is 0 Å². The third-order valence-electron chi connectivity index (χ3n) is 7.60. The molecule has 0 aliphatic carbocycles. The summed E-state index contributed by atoms with van der Waals surface area (Å²) >= 11 is 0. The summed E-state index contributed by atoms with van der Waals surface area (Å²) < 4.78 is 6.17. The minimum atomic E-state index is 0.900. The summed E-state index contributed by atoms with van der Waals surface area (Å²) in [5.41, 5.74) is 5.18. The fourth-order valence-electron chi connectivity index (χ4n) is 5.89. The average molecular weight is 486 g/mol. The van der Waals surface area contributed by atoms with E-state index in [4.69, 9.17) is 4.42 Å². The zero-order valence-electron chi connectivity index (χ0n) is 20.6. The van der Waals surface area contributed by atoms with Gasteiger partial charge in [-0.1, -0.05) is 97.1 Å². The first-order valence-electron chi connectivity index (χ1n) is 12.9. The van der Waals surface area contributed by atoms with E-state index in [0.29, 0.717) is 0 Å². The Morgan fingerprint density at radius 3 is 1.95 bits per heavy atom. The Hall–Kier alpha value is -5.08. The van der Waals surface area contributed by atoms with Gasteiger partial charge in [-0.3, -0.25) is 0 Å². The number of fused-ring (bicyclic) bond motifs is 8. The lowest BCUT2D eigenvalue weighted by molar-refractivity contribution is 0.669. The molecule has 38 heavy (non-hydrogen) atoms. The number of anilines is 3. The molecule has 0 amide bonds. The molecule has 0 spiro atoms. The van der Waals surface area contributed by atoms with Gasteiger partial charge in [0.25, 0.3) is 0 Å². The molecule has 0 unspecified atom stereocenters. The van der Waals surface area contributed by atoms with Gasteiger partial charge in [-0.05, 0) is 69.4 Å². The lowest BCUT2D eigenvalue weighted by Gasteiger charge is -2.28. The van der Waals surface area contributed by atoms with E-state index < -0.39 is 0 Å². The van der Waals surface area contributed by atoms with E-state index in [2.05, 4.69) is 132 Å². The molecule has 8 rings (SSSR count). The van der Waals surface area contributed by atoms with E-state index in [1.807, 2.05) is 12.1 Å². The van der Waals surface area contributed by atoms with Crippen LogP contribution < -0.4 is 4.90 Å². The summed E-state index contributed by atoms with van der Waals surface area (Å²) in [7, 11) is 0. The fraction of sp³-hybridized carbons (Fsp3) is 0. The van der Waals surface area contributed by atoms with E-state index >= 15 is 0 Å². The Morgan fingerprint density at radius 1 is 0.395 bits per heavy atom. The standard InChI is InChI=1S/C36H23NO/c1-2-12-26(13-3-1)37(27-19-21-35-32(23-27)30-16-8-9-17-34(30)38-35)33-22-25-11-5-6-14-28(25)31-20-18-24-10-4-7-15-29(24)36(31)33/h1-23H. The maximum atomic E-state index is 6.17. The molecule has 1 heterocycles. The normalized spacial score (nSPS) is 11.7. The van der Waals surface area contributed by atoms with Crippen molar-refractivity contribution < 1.29 is 4.42 Å². The fourth-order valence-corrected chi connectivity index (χ4v) is 5.89. The number of benzene rings is 7. The molecule has 0 bridgehead atoms. The molecule has 0 radical (unpaired) electrons. The van der Waals surface area contributed by atoms with Crippen LogP contribution in [0.3, 0.4) is 0 Å². The van der Waals surface area contributed by atoms with Crippen LogP contribution in [0, 0.1) is 0 Å². The van der Waals surface area contributed by atoms with Crippen molar-refractivity contribution in [1.29, 1.82) is 0 Å². The molecule has 0 atom stereocenters. The monoisotopic (exact) mass is 485 g/mol. The van der Waals surface area contributed by atoms with Gasteiger partial charge in [-0.15, -0.1) is 0 Å². The topological polar surface area (TPSA) is 16.4 Å². The Morgan fingerprint density at radius 2 is 1.08 bits per heavy atom. The molecule has 0 N–H and O–H groups in total. The van der Waals surface area contributed by atoms with Crippen molar-refractivity contribution in [3.05, 3.63) is 140 Å². The van der Waals surface area contributed by atoms with Gasteiger partial charge in [0.05, 0.1) is 5.69 Å². The quantitative estimate of drug-likeness (QED) is 0.231. The number of rotatable bonds is 3. The predicted molar refractivity (Wildman–Crippen MR) is 161 cm³/mol. The van der Waals surface area contributed by atoms with Gasteiger partial charge in [0.15, 0.2) is 0 Å². The second kappa shape index (κ2) is 8.22. The molecular weight excluding hydrogens is 462 g/mol. The molecule has 7 aromatic carbocycles. The van der Waals surface area contributed by atoms with Crippen LogP contribution in [-0.4, -0.2) is 0 Å². The molecule has 2 heteroatoms. The highest BCUT2D eigenvalue weighted by molar-refractivity contribution is 6.23. The van der Waals surface area contributed by atoms with E-state index in [1.54, 1.807) is 0 Å².